The molecule has 2 N–H and O–H groups in total. The average molecular weight is 195 g/mol. The number of amides is 1. The maximum Gasteiger partial charge on any atom is 0.276 e. The first-order valence-corrected chi connectivity index (χ1v) is 4.62. The van der Waals surface area contributed by atoms with Gasteiger partial charge in [-0.05, 0) is 13.0 Å². The van der Waals surface area contributed by atoms with Crippen LogP contribution in [-0.2, 0) is 0 Å². The van der Waals surface area contributed by atoms with Gasteiger partial charge in [-0.25, -0.2) is 0 Å². The molecular formula is C8H13N5O. The van der Waals surface area contributed by atoms with Gasteiger partial charge in [0.2, 0.25) is 0 Å². The van der Waals surface area contributed by atoms with Crippen molar-refractivity contribution >= 4 is 5.91 Å². The number of hydrogen-bond donors (Lipinski definition) is 2. The zero-order chi connectivity index (χ0) is 9.97. The van der Waals surface area contributed by atoms with E-state index < -0.39 is 0 Å². The van der Waals surface area contributed by atoms with E-state index >= 15 is 0 Å². The third-order valence-corrected chi connectivity index (χ3v) is 2.54. The van der Waals surface area contributed by atoms with Crippen LogP contribution >= 0.6 is 0 Å². The third kappa shape index (κ3) is 1.60. The number of nitrogens with one attached hydrogen (secondary N) is 2. The molecule has 14 heavy (non-hydrogen) atoms. The summed E-state index contributed by atoms with van der Waals surface area (Å²) in [5, 5.41) is 13.0. The molecule has 1 aliphatic rings. The lowest BCUT2D eigenvalue weighted by atomic mass is 10.2. The van der Waals surface area contributed by atoms with Crippen LogP contribution in [0, 0.1) is 0 Å². The number of carbonyl (C=O) groups is 1. The van der Waals surface area contributed by atoms with Crippen molar-refractivity contribution in [2.75, 3.05) is 20.1 Å². The Balaban J connectivity index is 2.04. The van der Waals surface area contributed by atoms with E-state index in [0.717, 1.165) is 19.5 Å². The molecule has 1 unspecified atom stereocenters. The molecule has 0 spiro atoms. The lowest BCUT2D eigenvalue weighted by Gasteiger charge is -2.22. The Morgan fingerprint density at radius 1 is 1.71 bits per heavy atom. The molecule has 1 aliphatic heterocycles. The topological polar surface area (TPSA) is 73.9 Å². The van der Waals surface area contributed by atoms with Crippen molar-refractivity contribution in [1.29, 1.82) is 0 Å². The van der Waals surface area contributed by atoms with Crippen LogP contribution < -0.4 is 5.32 Å². The molecule has 1 aromatic heterocycles. The summed E-state index contributed by atoms with van der Waals surface area (Å²) in [6.07, 6.45) is 2.45. The number of rotatable bonds is 2. The van der Waals surface area contributed by atoms with E-state index in [4.69, 9.17) is 0 Å². The monoisotopic (exact) mass is 195 g/mol. The number of aromatic amines is 1. The van der Waals surface area contributed by atoms with Crippen LogP contribution in [0.25, 0.3) is 0 Å². The van der Waals surface area contributed by atoms with Gasteiger partial charge in [0, 0.05) is 19.6 Å². The zero-order valence-electron chi connectivity index (χ0n) is 8.03. The van der Waals surface area contributed by atoms with E-state index in [1.54, 1.807) is 11.9 Å². The second-order valence-corrected chi connectivity index (χ2v) is 3.42. The fourth-order valence-corrected chi connectivity index (χ4v) is 1.62. The van der Waals surface area contributed by atoms with E-state index in [-0.39, 0.29) is 11.9 Å². The van der Waals surface area contributed by atoms with Gasteiger partial charge in [-0.1, -0.05) is 0 Å². The highest BCUT2D eigenvalue weighted by atomic mass is 16.2. The average Bonchev–Trinajstić information content (AvgIpc) is 2.87. The summed E-state index contributed by atoms with van der Waals surface area (Å²) in [5.74, 6) is -0.0764. The molecule has 76 valence electrons. The van der Waals surface area contributed by atoms with E-state index in [0.29, 0.717) is 5.69 Å². The van der Waals surface area contributed by atoms with Crippen molar-refractivity contribution in [3.8, 4) is 0 Å². The van der Waals surface area contributed by atoms with Gasteiger partial charge in [0.1, 0.15) is 0 Å². The Hall–Kier alpha value is -1.43. The standard InChI is InChI=1S/C8H13N5O/c1-13(6-2-3-9-4-6)8(14)7-5-10-12-11-7/h5-6,9H,2-4H2,1H3,(H,10,11,12). The summed E-state index contributed by atoms with van der Waals surface area (Å²) in [6.45, 7) is 1.83. The SMILES string of the molecule is CN(C(=O)c1cn[nH]n1)C1CCNC1. The quantitative estimate of drug-likeness (QED) is 0.650. The Morgan fingerprint density at radius 3 is 3.14 bits per heavy atom. The van der Waals surface area contributed by atoms with Crippen molar-refractivity contribution in [3.63, 3.8) is 0 Å². The predicted octanol–water partition coefficient (Wildman–Crippen LogP) is -0.761. The van der Waals surface area contributed by atoms with Crippen LogP contribution in [0.3, 0.4) is 0 Å². The highest BCUT2D eigenvalue weighted by Gasteiger charge is 2.24. The van der Waals surface area contributed by atoms with E-state index in [2.05, 4.69) is 20.7 Å². The van der Waals surface area contributed by atoms with Crippen molar-refractivity contribution < 1.29 is 4.79 Å². The summed E-state index contributed by atoms with van der Waals surface area (Å²) in [4.78, 5) is 13.5. The number of H-pyrrole nitrogens is 1. The fourth-order valence-electron chi connectivity index (χ4n) is 1.62. The second kappa shape index (κ2) is 3.75. The highest BCUT2D eigenvalue weighted by Crippen LogP contribution is 2.08. The van der Waals surface area contributed by atoms with Crippen molar-refractivity contribution in [2.24, 2.45) is 0 Å². The van der Waals surface area contributed by atoms with Crippen LogP contribution in [0.4, 0.5) is 0 Å². The smallest absolute Gasteiger partial charge is 0.276 e. The third-order valence-electron chi connectivity index (χ3n) is 2.54. The summed E-state index contributed by atoms with van der Waals surface area (Å²) < 4.78 is 0. The largest absolute Gasteiger partial charge is 0.336 e. The molecule has 2 rings (SSSR count). The van der Waals surface area contributed by atoms with Gasteiger partial charge in [0.05, 0.1) is 6.20 Å². The number of aromatic nitrogens is 3. The molecule has 0 aliphatic carbocycles. The van der Waals surface area contributed by atoms with E-state index in [1.165, 1.54) is 6.20 Å². The van der Waals surface area contributed by atoms with Gasteiger partial charge in [-0.15, -0.1) is 0 Å². The maximum absolute atomic E-state index is 11.8. The minimum absolute atomic E-state index is 0.0764. The fraction of sp³-hybridized carbons (Fsp3) is 0.625. The summed E-state index contributed by atoms with van der Waals surface area (Å²) in [6, 6.07) is 0.277. The van der Waals surface area contributed by atoms with Crippen molar-refractivity contribution in [1.82, 2.24) is 25.6 Å². The van der Waals surface area contributed by atoms with Gasteiger partial charge in [-0.2, -0.15) is 15.4 Å². The number of likely N-dealkylation sites (N-methyl/N-ethyl adjacent to an activating group) is 1. The van der Waals surface area contributed by atoms with Gasteiger partial charge < -0.3 is 10.2 Å². The lowest BCUT2D eigenvalue weighted by molar-refractivity contribution is 0.0738. The Bertz CT molecular complexity index is 304. The number of carbonyl (C=O) groups excluding carboxylic acids is 1. The van der Waals surface area contributed by atoms with Crippen LogP contribution in [-0.4, -0.2) is 52.4 Å². The van der Waals surface area contributed by atoms with Crippen LogP contribution in [0.2, 0.25) is 0 Å². The number of hydrogen-bond acceptors (Lipinski definition) is 4. The number of nitrogens with zero attached hydrogens (tertiary/aromatic N) is 3. The summed E-state index contributed by atoms with van der Waals surface area (Å²) in [5.41, 5.74) is 0.374. The molecule has 1 fully saturated rings. The van der Waals surface area contributed by atoms with Gasteiger partial charge in [0.25, 0.3) is 5.91 Å². The van der Waals surface area contributed by atoms with Crippen LogP contribution in [0.1, 0.15) is 16.9 Å². The highest BCUT2D eigenvalue weighted by molar-refractivity contribution is 5.91. The van der Waals surface area contributed by atoms with E-state index in [1.807, 2.05) is 0 Å². The molecule has 0 bridgehead atoms. The molecule has 1 saturated heterocycles. The van der Waals surface area contributed by atoms with Gasteiger partial charge in [-0.3, -0.25) is 4.79 Å². The first kappa shape index (κ1) is 9.14. The van der Waals surface area contributed by atoms with Gasteiger partial charge >= 0.3 is 0 Å². The molecule has 0 saturated carbocycles. The Labute approximate surface area is 81.7 Å². The molecule has 1 atom stereocenters. The van der Waals surface area contributed by atoms with Crippen molar-refractivity contribution in [3.05, 3.63) is 11.9 Å². The normalized spacial score (nSPS) is 21.1. The molecule has 2 heterocycles. The predicted molar refractivity (Wildman–Crippen MR) is 49.8 cm³/mol. The Kier molecular flexibility index (Phi) is 2.45. The van der Waals surface area contributed by atoms with Gasteiger partial charge in [0.15, 0.2) is 5.69 Å². The molecule has 6 heteroatoms. The molecule has 0 aromatic carbocycles. The van der Waals surface area contributed by atoms with Crippen molar-refractivity contribution in [2.45, 2.75) is 12.5 Å². The molecule has 1 amide bonds. The minimum Gasteiger partial charge on any atom is -0.336 e. The summed E-state index contributed by atoms with van der Waals surface area (Å²) in [7, 11) is 1.80. The lowest BCUT2D eigenvalue weighted by Crippen LogP contribution is -2.38. The summed E-state index contributed by atoms with van der Waals surface area (Å²) >= 11 is 0. The minimum atomic E-state index is -0.0764. The maximum atomic E-state index is 11.8. The zero-order valence-corrected chi connectivity index (χ0v) is 8.03. The first-order chi connectivity index (χ1) is 6.79. The van der Waals surface area contributed by atoms with Crippen LogP contribution in [0.5, 0.6) is 0 Å². The van der Waals surface area contributed by atoms with Crippen LogP contribution in [0.15, 0.2) is 6.20 Å². The first-order valence-electron chi connectivity index (χ1n) is 4.62. The molecule has 6 nitrogen and oxygen atoms in total. The molecular weight excluding hydrogens is 182 g/mol. The Morgan fingerprint density at radius 2 is 2.57 bits per heavy atom. The molecule has 0 radical (unpaired) electrons. The van der Waals surface area contributed by atoms with E-state index in [9.17, 15) is 4.79 Å². The second-order valence-electron chi connectivity index (χ2n) is 3.42. The molecule has 1 aromatic rings.